The van der Waals surface area contributed by atoms with Crippen molar-refractivity contribution in [3.05, 3.63) is 0 Å². The van der Waals surface area contributed by atoms with Crippen molar-refractivity contribution in [1.82, 2.24) is 4.90 Å². The molecule has 4 heteroatoms. The summed E-state index contributed by atoms with van der Waals surface area (Å²) >= 11 is 1.90. The second-order valence-corrected chi connectivity index (χ2v) is 5.95. The zero-order valence-corrected chi connectivity index (χ0v) is 11.8. The lowest BCUT2D eigenvalue weighted by Crippen LogP contribution is -2.49. The van der Waals surface area contributed by atoms with Crippen LogP contribution in [0.5, 0.6) is 0 Å². The molecule has 1 unspecified atom stereocenters. The first-order valence-electron chi connectivity index (χ1n) is 6.74. The average molecular weight is 259 g/mol. The summed E-state index contributed by atoms with van der Waals surface area (Å²) in [6, 6.07) is 0.838. The maximum absolute atomic E-state index is 10.9. The van der Waals surface area contributed by atoms with Crippen molar-refractivity contribution in [2.75, 3.05) is 18.1 Å². The SMILES string of the molecule is CCCC(CCC)N1CCSCC1CC(=O)O. The third-order valence-corrected chi connectivity index (χ3v) is 4.49. The standard InChI is InChI=1S/C13H25NO2S/c1-3-5-11(6-4-2)14-7-8-17-10-12(14)9-13(15)16/h11-12H,3-10H2,1-2H3,(H,15,16). The van der Waals surface area contributed by atoms with Crippen LogP contribution in [0.1, 0.15) is 46.0 Å². The molecule has 1 aliphatic rings. The van der Waals surface area contributed by atoms with Crippen LogP contribution in [-0.2, 0) is 4.79 Å². The zero-order chi connectivity index (χ0) is 12.7. The number of nitrogens with zero attached hydrogens (tertiary/aromatic N) is 1. The molecular weight excluding hydrogens is 234 g/mol. The molecule has 0 radical (unpaired) electrons. The molecule has 3 nitrogen and oxygen atoms in total. The van der Waals surface area contributed by atoms with Gasteiger partial charge in [0.15, 0.2) is 0 Å². The van der Waals surface area contributed by atoms with Crippen LogP contribution in [0.2, 0.25) is 0 Å². The number of carbonyl (C=O) groups is 1. The van der Waals surface area contributed by atoms with Gasteiger partial charge in [-0.2, -0.15) is 11.8 Å². The summed E-state index contributed by atoms with van der Waals surface area (Å²) in [6.45, 7) is 5.49. The third-order valence-electron chi connectivity index (χ3n) is 3.40. The van der Waals surface area contributed by atoms with Gasteiger partial charge >= 0.3 is 5.97 Å². The first kappa shape index (κ1) is 14.8. The van der Waals surface area contributed by atoms with Crippen LogP contribution in [0, 0.1) is 0 Å². The van der Waals surface area contributed by atoms with Crippen LogP contribution < -0.4 is 0 Å². The van der Waals surface area contributed by atoms with Gasteiger partial charge in [0.1, 0.15) is 0 Å². The Balaban J connectivity index is 2.62. The van der Waals surface area contributed by atoms with E-state index in [1.165, 1.54) is 25.7 Å². The highest BCUT2D eigenvalue weighted by Crippen LogP contribution is 2.25. The molecular formula is C13H25NO2S. The van der Waals surface area contributed by atoms with E-state index in [2.05, 4.69) is 18.7 Å². The monoisotopic (exact) mass is 259 g/mol. The van der Waals surface area contributed by atoms with Gasteiger partial charge in [-0.3, -0.25) is 9.69 Å². The quantitative estimate of drug-likeness (QED) is 0.763. The Labute approximate surface area is 109 Å². The van der Waals surface area contributed by atoms with Gasteiger partial charge in [0, 0.05) is 30.1 Å². The van der Waals surface area contributed by atoms with Crippen LogP contribution in [0.3, 0.4) is 0 Å². The smallest absolute Gasteiger partial charge is 0.304 e. The summed E-state index contributed by atoms with van der Waals surface area (Å²) in [4.78, 5) is 13.4. The van der Waals surface area contributed by atoms with E-state index < -0.39 is 5.97 Å². The molecule has 1 N–H and O–H groups in total. The van der Waals surface area contributed by atoms with Gasteiger partial charge in [0.2, 0.25) is 0 Å². The van der Waals surface area contributed by atoms with Gasteiger partial charge < -0.3 is 5.11 Å². The Morgan fingerprint density at radius 3 is 2.59 bits per heavy atom. The molecule has 1 fully saturated rings. The number of rotatable bonds is 7. The highest BCUT2D eigenvalue weighted by atomic mass is 32.2. The van der Waals surface area contributed by atoms with Crippen molar-refractivity contribution in [3.63, 3.8) is 0 Å². The summed E-state index contributed by atoms with van der Waals surface area (Å²) in [7, 11) is 0. The number of carboxylic acid groups (broad SMARTS) is 1. The molecule has 0 aromatic rings. The Hall–Kier alpha value is -0.220. The highest BCUT2D eigenvalue weighted by Gasteiger charge is 2.29. The van der Waals surface area contributed by atoms with Gasteiger partial charge in [-0.1, -0.05) is 26.7 Å². The van der Waals surface area contributed by atoms with Crippen LogP contribution >= 0.6 is 11.8 Å². The molecule has 1 rings (SSSR count). The Bertz CT molecular complexity index is 229. The molecule has 0 spiro atoms. The number of hydrogen-bond acceptors (Lipinski definition) is 3. The Morgan fingerprint density at radius 2 is 2.06 bits per heavy atom. The molecule has 0 amide bonds. The predicted octanol–water partition coefficient (Wildman–Crippen LogP) is 2.85. The van der Waals surface area contributed by atoms with Crippen molar-refractivity contribution in [2.24, 2.45) is 0 Å². The molecule has 17 heavy (non-hydrogen) atoms. The second-order valence-electron chi connectivity index (χ2n) is 4.80. The van der Waals surface area contributed by atoms with Crippen LogP contribution in [0.15, 0.2) is 0 Å². The minimum absolute atomic E-state index is 0.245. The number of thioether (sulfide) groups is 1. The van der Waals surface area contributed by atoms with Gasteiger partial charge in [-0.15, -0.1) is 0 Å². The van der Waals surface area contributed by atoms with Crippen molar-refractivity contribution in [3.8, 4) is 0 Å². The van der Waals surface area contributed by atoms with E-state index in [1.807, 2.05) is 11.8 Å². The molecule has 1 atom stereocenters. The van der Waals surface area contributed by atoms with E-state index in [0.717, 1.165) is 18.1 Å². The van der Waals surface area contributed by atoms with Crippen LogP contribution in [0.4, 0.5) is 0 Å². The Kier molecular flexibility index (Phi) is 6.97. The lowest BCUT2D eigenvalue weighted by molar-refractivity contribution is -0.138. The van der Waals surface area contributed by atoms with Crippen molar-refractivity contribution < 1.29 is 9.90 Å². The maximum Gasteiger partial charge on any atom is 0.304 e. The van der Waals surface area contributed by atoms with Crippen LogP contribution in [0.25, 0.3) is 0 Å². The largest absolute Gasteiger partial charge is 0.481 e. The summed E-state index contributed by atoms with van der Waals surface area (Å²) in [5.74, 6) is 1.48. The van der Waals surface area contributed by atoms with Crippen LogP contribution in [-0.4, -0.2) is 46.1 Å². The lowest BCUT2D eigenvalue weighted by Gasteiger charge is -2.40. The highest BCUT2D eigenvalue weighted by molar-refractivity contribution is 7.99. The Morgan fingerprint density at radius 1 is 1.41 bits per heavy atom. The summed E-state index contributed by atoms with van der Waals surface area (Å²) in [5.41, 5.74) is 0. The van der Waals surface area contributed by atoms with E-state index in [0.29, 0.717) is 12.5 Å². The van der Waals surface area contributed by atoms with Gasteiger partial charge in [0.25, 0.3) is 0 Å². The predicted molar refractivity (Wildman–Crippen MR) is 73.7 cm³/mol. The van der Waals surface area contributed by atoms with E-state index in [4.69, 9.17) is 5.11 Å². The van der Waals surface area contributed by atoms with E-state index >= 15 is 0 Å². The third kappa shape index (κ3) is 4.88. The van der Waals surface area contributed by atoms with Gasteiger partial charge in [-0.25, -0.2) is 0 Å². The molecule has 1 heterocycles. The average Bonchev–Trinajstić information content (AvgIpc) is 2.29. The number of aliphatic carboxylic acids is 1. The zero-order valence-electron chi connectivity index (χ0n) is 11.0. The number of hydrogen-bond donors (Lipinski definition) is 1. The lowest BCUT2D eigenvalue weighted by atomic mass is 10.0. The van der Waals surface area contributed by atoms with Crippen molar-refractivity contribution in [1.29, 1.82) is 0 Å². The topological polar surface area (TPSA) is 40.5 Å². The first-order valence-corrected chi connectivity index (χ1v) is 7.89. The molecule has 100 valence electrons. The molecule has 1 saturated heterocycles. The van der Waals surface area contributed by atoms with Gasteiger partial charge in [-0.05, 0) is 12.8 Å². The van der Waals surface area contributed by atoms with E-state index in [-0.39, 0.29) is 6.04 Å². The molecule has 0 aromatic carbocycles. The van der Waals surface area contributed by atoms with E-state index in [1.54, 1.807) is 0 Å². The normalized spacial score (nSPS) is 21.9. The molecule has 0 saturated carbocycles. The second kappa shape index (κ2) is 7.98. The summed E-state index contributed by atoms with van der Waals surface area (Å²) in [5, 5.41) is 8.99. The first-order chi connectivity index (χ1) is 8.19. The maximum atomic E-state index is 10.9. The van der Waals surface area contributed by atoms with Crippen molar-refractivity contribution in [2.45, 2.75) is 58.0 Å². The molecule has 0 aliphatic carbocycles. The minimum atomic E-state index is -0.658. The minimum Gasteiger partial charge on any atom is -0.481 e. The summed E-state index contributed by atoms with van der Waals surface area (Å²) < 4.78 is 0. The molecule has 0 bridgehead atoms. The molecule has 0 aromatic heterocycles. The summed E-state index contributed by atoms with van der Waals surface area (Å²) in [6.07, 6.45) is 5.09. The van der Waals surface area contributed by atoms with Crippen molar-refractivity contribution >= 4 is 17.7 Å². The fourth-order valence-electron chi connectivity index (χ4n) is 2.67. The fourth-order valence-corrected chi connectivity index (χ4v) is 3.76. The molecule has 1 aliphatic heterocycles. The fraction of sp³-hybridized carbons (Fsp3) is 0.923. The van der Waals surface area contributed by atoms with Gasteiger partial charge in [0.05, 0.1) is 6.42 Å². The van der Waals surface area contributed by atoms with E-state index in [9.17, 15) is 4.79 Å². The number of carboxylic acids is 1.